The third kappa shape index (κ3) is 3.43. The van der Waals surface area contributed by atoms with Crippen LogP contribution < -0.4 is 15.4 Å². The Morgan fingerprint density at radius 3 is 2.92 bits per heavy atom. The van der Waals surface area contributed by atoms with Gasteiger partial charge in [-0.2, -0.15) is 0 Å². The van der Waals surface area contributed by atoms with Gasteiger partial charge in [0.05, 0.1) is 10.6 Å². The zero-order valence-electron chi connectivity index (χ0n) is 13.8. The van der Waals surface area contributed by atoms with E-state index in [2.05, 4.69) is 24.5 Å². The van der Waals surface area contributed by atoms with Crippen LogP contribution in [0.25, 0.3) is 0 Å². The molecular weight excluding hydrogens is 324 g/mol. The SMILES string of the molecule is CCCc1sc(C(=O)Nc2ccc3c(c2)NC(=O)CO3)cc1CC. The highest BCUT2D eigenvalue weighted by molar-refractivity contribution is 7.14. The fourth-order valence-corrected chi connectivity index (χ4v) is 3.92. The predicted molar refractivity (Wildman–Crippen MR) is 96.2 cm³/mol. The van der Waals surface area contributed by atoms with Crippen molar-refractivity contribution in [1.82, 2.24) is 0 Å². The molecule has 2 N–H and O–H groups in total. The normalized spacial score (nSPS) is 13.0. The van der Waals surface area contributed by atoms with Crippen LogP contribution >= 0.6 is 11.3 Å². The van der Waals surface area contributed by atoms with Crippen molar-refractivity contribution < 1.29 is 14.3 Å². The number of hydrogen-bond acceptors (Lipinski definition) is 4. The zero-order chi connectivity index (χ0) is 17.1. The van der Waals surface area contributed by atoms with Gasteiger partial charge in [0.1, 0.15) is 5.75 Å². The fraction of sp³-hybridized carbons (Fsp3) is 0.333. The second kappa shape index (κ2) is 7.05. The third-order valence-electron chi connectivity index (χ3n) is 3.85. The van der Waals surface area contributed by atoms with Crippen LogP contribution in [0.4, 0.5) is 11.4 Å². The molecule has 0 bridgehead atoms. The van der Waals surface area contributed by atoms with E-state index in [0.717, 1.165) is 19.3 Å². The Hall–Kier alpha value is -2.34. The molecule has 0 fully saturated rings. The summed E-state index contributed by atoms with van der Waals surface area (Å²) in [5.74, 6) is 0.295. The van der Waals surface area contributed by atoms with Crippen molar-refractivity contribution in [2.75, 3.05) is 17.2 Å². The summed E-state index contributed by atoms with van der Waals surface area (Å²) >= 11 is 1.56. The van der Waals surface area contributed by atoms with E-state index in [1.165, 1.54) is 10.4 Å². The molecule has 1 aliphatic heterocycles. The summed E-state index contributed by atoms with van der Waals surface area (Å²) in [5, 5.41) is 5.63. The van der Waals surface area contributed by atoms with E-state index in [0.29, 0.717) is 22.0 Å². The van der Waals surface area contributed by atoms with Gasteiger partial charge in [-0.05, 0) is 42.7 Å². The maximum absolute atomic E-state index is 12.5. The van der Waals surface area contributed by atoms with Crippen LogP contribution in [0.3, 0.4) is 0 Å². The maximum Gasteiger partial charge on any atom is 0.265 e. The summed E-state index contributed by atoms with van der Waals surface area (Å²) in [7, 11) is 0. The summed E-state index contributed by atoms with van der Waals surface area (Å²) in [6.45, 7) is 4.27. The van der Waals surface area contributed by atoms with Crippen LogP contribution in [0.1, 0.15) is 40.4 Å². The van der Waals surface area contributed by atoms with Crippen molar-refractivity contribution in [3.05, 3.63) is 39.6 Å². The largest absolute Gasteiger partial charge is 0.482 e. The number of fused-ring (bicyclic) bond motifs is 1. The minimum Gasteiger partial charge on any atom is -0.482 e. The molecule has 0 atom stereocenters. The average molecular weight is 344 g/mol. The molecule has 2 amide bonds. The number of carbonyl (C=O) groups excluding carboxylic acids is 2. The molecule has 2 aromatic rings. The van der Waals surface area contributed by atoms with Gasteiger partial charge in [0.25, 0.3) is 11.8 Å². The summed E-state index contributed by atoms with van der Waals surface area (Å²) in [5.41, 5.74) is 2.46. The molecule has 0 saturated carbocycles. The number of rotatable bonds is 5. The van der Waals surface area contributed by atoms with Crippen molar-refractivity contribution in [1.29, 1.82) is 0 Å². The minimum atomic E-state index is -0.193. The second-order valence-electron chi connectivity index (χ2n) is 5.66. The molecule has 5 nitrogen and oxygen atoms in total. The summed E-state index contributed by atoms with van der Waals surface area (Å²) < 4.78 is 5.32. The molecule has 3 rings (SSSR count). The van der Waals surface area contributed by atoms with Crippen LogP contribution in [0.15, 0.2) is 24.3 Å². The first-order chi connectivity index (χ1) is 11.6. The van der Waals surface area contributed by atoms with Gasteiger partial charge in [-0.15, -0.1) is 11.3 Å². The quantitative estimate of drug-likeness (QED) is 0.866. The van der Waals surface area contributed by atoms with Crippen LogP contribution in [-0.2, 0) is 17.6 Å². The second-order valence-corrected chi connectivity index (χ2v) is 6.80. The number of aryl methyl sites for hydroxylation is 2. The molecule has 0 radical (unpaired) electrons. The van der Waals surface area contributed by atoms with Crippen LogP contribution in [0, 0.1) is 0 Å². The molecule has 6 heteroatoms. The van der Waals surface area contributed by atoms with Gasteiger partial charge >= 0.3 is 0 Å². The highest BCUT2D eigenvalue weighted by Gasteiger charge is 2.18. The number of thiophene rings is 1. The molecule has 24 heavy (non-hydrogen) atoms. The lowest BCUT2D eigenvalue weighted by atomic mass is 10.1. The Balaban J connectivity index is 1.77. The summed E-state index contributed by atoms with van der Waals surface area (Å²) in [6, 6.07) is 7.22. The molecule has 0 saturated heterocycles. The van der Waals surface area contributed by atoms with Crippen molar-refractivity contribution in [3.8, 4) is 5.75 Å². The van der Waals surface area contributed by atoms with E-state index in [-0.39, 0.29) is 18.4 Å². The lowest BCUT2D eigenvalue weighted by Gasteiger charge is -2.18. The number of benzene rings is 1. The van der Waals surface area contributed by atoms with Gasteiger partial charge in [-0.1, -0.05) is 20.3 Å². The van der Waals surface area contributed by atoms with E-state index in [4.69, 9.17) is 4.74 Å². The Labute approximate surface area is 145 Å². The number of carbonyl (C=O) groups is 2. The number of anilines is 2. The Morgan fingerprint density at radius 1 is 1.33 bits per heavy atom. The average Bonchev–Trinajstić information content (AvgIpc) is 2.98. The smallest absolute Gasteiger partial charge is 0.265 e. The van der Waals surface area contributed by atoms with Gasteiger partial charge in [0.15, 0.2) is 6.61 Å². The number of amides is 2. The number of ether oxygens (including phenoxy) is 1. The van der Waals surface area contributed by atoms with E-state index in [1.54, 1.807) is 29.5 Å². The summed E-state index contributed by atoms with van der Waals surface area (Å²) in [4.78, 5) is 25.9. The lowest BCUT2D eigenvalue weighted by Crippen LogP contribution is -2.25. The molecule has 0 aliphatic carbocycles. The molecule has 0 unspecified atom stereocenters. The standard InChI is InChI=1S/C18H20N2O3S/c1-3-5-15-11(4-2)8-16(24-15)18(22)19-12-6-7-14-13(9-12)20-17(21)10-23-14/h6-9H,3-5,10H2,1-2H3,(H,19,22)(H,20,21). The topological polar surface area (TPSA) is 67.4 Å². The molecule has 126 valence electrons. The van der Waals surface area contributed by atoms with Gasteiger partial charge in [-0.3, -0.25) is 9.59 Å². The van der Waals surface area contributed by atoms with E-state index < -0.39 is 0 Å². The highest BCUT2D eigenvalue weighted by Crippen LogP contribution is 2.31. The first-order valence-corrected chi connectivity index (χ1v) is 8.92. The lowest BCUT2D eigenvalue weighted by molar-refractivity contribution is -0.118. The molecule has 1 aliphatic rings. The van der Waals surface area contributed by atoms with Gasteiger partial charge in [0.2, 0.25) is 0 Å². The fourth-order valence-electron chi connectivity index (χ4n) is 2.67. The predicted octanol–water partition coefficient (Wildman–Crippen LogP) is 3.85. The molecular formula is C18H20N2O3S. The molecule has 2 heterocycles. The Morgan fingerprint density at radius 2 is 2.17 bits per heavy atom. The monoisotopic (exact) mass is 344 g/mol. The van der Waals surface area contributed by atoms with Crippen LogP contribution in [0.2, 0.25) is 0 Å². The summed E-state index contributed by atoms with van der Waals surface area (Å²) in [6.07, 6.45) is 3.00. The van der Waals surface area contributed by atoms with Crippen LogP contribution in [0.5, 0.6) is 5.75 Å². The highest BCUT2D eigenvalue weighted by atomic mass is 32.1. The Bertz CT molecular complexity index is 783. The molecule has 0 spiro atoms. The van der Waals surface area contributed by atoms with E-state index >= 15 is 0 Å². The van der Waals surface area contributed by atoms with Crippen molar-refractivity contribution in [3.63, 3.8) is 0 Å². The van der Waals surface area contributed by atoms with Crippen molar-refractivity contribution >= 4 is 34.5 Å². The van der Waals surface area contributed by atoms with Gasteiger partial charge in [-0.25, -0.2) is 0 Å². The maximum atomic E-state index is 12.5. The Kier molecular flexibility index (Phi) is 4.85. The number of nitrogens with one attached hydrogen (secondary N) is 2. The third-order valence-corrected chi connectivity index (χ3v) is 5.08. The molecule has 1 aromatic carbocycles. The van der Waals surface area contributed by atoms with E-state index in [9.17, 15) is 9.59 Å². The van der Waals surface area contributed by atoms with E-state index in [1.807, 2.05) is 6.07 Å². The molecule has 1 aromatic heterocycles. The number of hydrogen-bond donors (Lipinski definition) is 2. The van der Waals surface area contributed by atoms with Crippen molar-refractivity contribution in [2.24, 2.45) is 0 Å². The van der Waals surface area contributed by atoms with Gasteiger partial charge in [0, 0.05) is 10.6 Å². The first-order valence-electron chi connectivity index (χ1n) is 8.10. The minimum absolute atomic E-state index is 0.0217. The van der Waals surface area contributed by atoms with Gasteiger partial charge < -0.3 is 15.4 Å². The zero-order valence-corrected chi connectivity index (χ0v) is 14.6. The first kappa shape index (κ1) is 16.5. The van der Waals surface area contributed by atoms with Crippen molar-refractivity contribution in [2.45, 2.75) is 33.1 Å². The van der Waals surface area contributed by atoms with Crippen LogP contribution in [-0.4, -0.2) is 18.4 Å².